The Morgan fingerprint density at radius 3 is 2.84 bits per heavy atom. The summed E-state index contributed by atoms with van der Waals surface area (Å²) >= 11 is 0. The van der Waals surface area contributed by atoms with Crippen molar-refractivity contribution in [3.05, 3.63) is 42.4 Å². The molecular weight excluding hydrogens is 238 g/mol. The van der Waals surface area contributed by atoms with E-state index in [1.165, 1.54) is 0 Å². The van der Waals surface area contributed by atoms with Gasteiger partial charge >= 0.3 is 0 Å². The molecule has 19 heavy (non-hydrogen) atoms. The number of hydrogen-bond acceptors (Lipinski definition) is 3. The van der Waals surface area contributed by atoms with Gasteiger partial charge in [0.1, 0.15) is 11.6 Å². The lowest BCUT2D eigenvalue weighted by molar-refractivity contribution is 0.219. The zero-order chi connectivity index (χ0) is 13.7. The van der Waals surface area contributed by atoms with Crippen molar-refractivity contribution in [2.24, 2.45) is 13.0 Å². The third-order valence-corrected chi connectivity index (χ3v) is 3.16. The molecule has 0 bridgehead atoms. The van der Waals surface area contributed by atoms with Crippen molar-refractivity contribution in [2.75, 3.05) is 13.1 Å². The molecule has 0 atom stereocenters. The second-order valence-corrected chi connectivity index (χ2v) is 5.41. The summed E-state index contributed by atoms with van der Waals surface area (Å²) in [4.78, 5) is 6.81. The lowest BCUT2D eigenvalue weighted by Crippen LogP contribution is -2.29. The maximum absolute atomic E-state index is 5.44. The first-order valence-corrected chi connectivity index (χ1v) is 6.86. The predicted molar refractivity (Wildman–Crippen MR) is 75.7 cm³/mol. The van der Waals surface area contributed by atoms with E-state index in [2.05, 4.69) is 28.3 Å². The molecule has 0 saturated heterocycles. The molecule has 0 aromatic carbocycles. The van der Waals surface area contributed by atoms with E-state index in [9.17, 15) is 0 Å². The van der Waals surface area contributed by atoms with Gasteiger partial charge in [-0.05, 0) is 18.1 Å². The van der Waals surface area contributed by atoms with Crippen LogP contribution in [0.15, 0.2) is 35.2 Å². The van der Waals surface area contributed by atoms with Crippen LogP contribution in [0.1, 0.15) is 25.4 Å². The van der Waals surface area contributed by atoms with Crippen molar-refractivity contribution in [1.29, 1.82) is 0 Å². The fourth-order valence-electron chi connectivity index (χ4n) is 2.27. The number of aryl methyl sites for hydroxylation is 1. The van der Waals surface area contributed by atoms with Gasteiger partial charge in [0.15, 0.2) is 0 Å². The highest BCUT2D eigenvalue weighted by molar-refractivity contribution is 4.98. The highest BCUT2D eigenvalue weighted by atomic mass is 16.3. The van der Waals surface area contributed by atoms with Crippen LogP contribution in [0.25, 0.3) is 0 Å². The van der Waals surface area contributed by atoms with Crippen molar-refractivity contribution in [1.82, 2.24) is 14.5 Å². The number of hydrogen-bond donors (Lipinski definition) is 0. The first-order chi connectivity index (χ1) is 9.15. The van der Waals surface area contributed by atoms with E-state index < -0.39 is 0 Å². The zero-order valence-corrected chi connectivity index (χ0v) is 12.0. The van der Waals surface area contributed by atoms with E-state index in [0.717, 1.165) is 37.6 Å². The molecule has 2 aromatic heterocycles. The van der Waals surface area contributed by atoms with Crippen molar-refractivity contribution in [3.63, 3.8) is 0 Å². The standard InChI is InChI=1S/C15H23N3O/c1-13(2)11-18(12-14-5-4-10-19-14)8-6-15-16-7-9-17(15)3/h4-5,7,9-10,13H,6,8,11-12H2,1-3H3. The van der Waals surface area contributed by atoms with Gasteiger partial charge in [-0.25, -0.2) is 4.98 Å². The molecule has 104 valence electrons. The Kier molecular flexibility index (Phi) is 4.80. The van der Waals surface area contributed by atoms with Gasteiger partial charge in [-0.15, -0.1) is 0 Å². The first-order valence-electron chi connectivity index (χ1n) is 6.86. The summed E-state index contributed by atoms with van der Waals surface area (Å²) in [7, 11) is 2.04. The third-order valence-electron chi connectivity index (χ3n) is 3.16. The van der Waals surface area contributed by atoms with E-state index in [1.807, 2.05) is 31.6 Å². The van der Waals surface area contributed by atoms with Crippen LogP contribution >= 0.6 is 0 Å². The Labute approximate surface area is 115 Å². The van der Waals surface area contributed by atoms with Gasteiger partial charge in [-0.3, -0.25) is 4.90 Å². The van der Waals surface area contributed by atoms with Crippen molar-refractivity contribution in [3.8, 4) is 0 Å². The van der Waals surface area contributed by atoms with Gasteiger partial charge in [-0.2, -0.15) is 0 Å². The van der Waals surface area contributed by atoms with Crippen LogP contribution in [0.5, 0.6) is 0 Å². The Morgan fingerprint density at radius 2 is 2.26 bits per heavy atom. The molecule has 0 aliphatic rings. The van der Waals surface area contributed by atoms with Crippen molar-refractivity contribution < 1.29 is 4.42 Å². The van der Waals surface area contributed by atoms with E-state index in [-0.39, 0.29) is 0 Å². The molecule has 2 heterocycles. The van der Waals surface area contributed by atoms with Crippen LogP contribution in [0.3, 0.4) is 0 Å². The smallest absolute Gasteiger partial charge is 0.117 e. The molecule has 4 heteroatoms. The van der Waals surface area contributed by atoms with Gasteiger partial charge in [0.25, 0.3) is 0 Å². The average Bonchev–Trinajstić information content (AvgIpc) is 2.97. The maximum Gasteiger partial charge on any atom is 0.117 e. The van der Waals surface area contributed by atoms with E-state index >= 15 is 0 Å². The molecule has 0 spiro atoms. The van der Waals surface area contributed by atoms with Crippen LogP contribution in [0, 0.1) is 5.92 Å². The quantitative estimate of drug-likeness (QED) is 0.768. The number of aromatic nitrogens is 2. The zero-order valence-electron chi connectivity index (χ0n) is 12.0. The highest BCUT2D eigenvalue weighted by Crippen LogP contribution is 2.09. The van der Waals surface area contributed by atoms with Crippen molar-refractivity contribution in [2.45, 2.75) is 26.8 Å². The first kappa shape index (κ1) is 13.9. The molecule has 0 amide bonds. The minimum Gasteiger partial charge on any atom is -0.468 e. The molecule has 0 N–H and O–H groups in total. The number of nitrogens with zero attached hydrogens (tertiary/aromatic N) is 3. The van der Waals surface area contributed by atoms with Crippen LogP contribution in [0.4, 0.5) is 0 Å². The number of furan rings is 1. The Morgan fingerprint density at radius 1 is 1.42 bits per heavy atom. The summed E-state index contributed by atoms with van der Waals surface area (Å²) < 4.78 is 7.53. The SMILES string of the molecule is CC(C)CN(CCc1nccn1C)Cc1ccco1. The summed E-state index contributed by atoms with van der Waals surface area (Å²) in [6.45, 7) is 7.44. The molecular formula is C15H23N3O. The highest BCUT2D eigenvalue weighted by Gasteiger charge is 2.11. The molecule has 2 aromatic rings. The lowest BCUT2D eigenvalue weighted by Gasteiger charge is -2.23. The minimum atomic E-state index is 0.649. The molecule has 0 radical (unpaired) electrons. The maximum atomic E-state index is 5.44. The molecule has 0 unspecified atom stereocenters. The lowest BCUT2D eigenvalue weighted by atomic mass is 10.2. The second-order valence-electron chi connectivity index (χ2n) is 5.41. The summed E-state index contributed by atoms with van der Waals surface area (Å²) in [6, 6.07) is 3.98. The van der Waals surface area contributed by atoms with Crippen molar-refractivity contribution >= 4 is 0 Å². The normalized spacial score (nSPS) is 11.6. The largest absolute Gasteiger partial charge is 0.468 e. The molecule has 0 aliphatic heterocycles. The van der Waals surface area contributed by atoms with Gasteiger partial charge in [0.05, 0.1) is 12.8 Å². The van der Waals surface area contributed by atoms with E-state index in [4.69, 9.17) is 4.42 Å². The molecule has 4 nitrogen and oxygen atoms in total. The van der Waals surface area contributed by atoms with Crippen LogP contribution in [-0.4, -0.2) is 27.5 Å². The molecule has 2 rings (SSSR count). The Bertz CT molecular complexity index is 473. The number of imidazole rings is 1. The topological polar surface area (TPSA) is 34.2 Å². The van der Waals surface area contributed by atoms with Crippen LogP contribution in [-0.2, 0) is 20.0 Å². The van der Waals surface area contributed by atoms with E-state index in [1.54, 1.807) is 6.26 Å². The summed E-state index contributed by atoms with van der Waals surface area (Å²) in [5.74, 6) is 2.81. The van der Waals surface area contributed by atoms with Crippen LogP contribution < -0.4 is 0 Å². The number of rotatable bonds is 7. The average molecular weight is 261 g/mol. The van der Waals surface area contributed by atoms with Crippen LogP contribution in [0.2, 0.25) is 0 Å². The monoisotopic (exact) mass is 261 g/mol. The van der Waals surface area contributed by atoms with Gasteiger partial charge < -0.3 is 8.98 Å². The Balaban J connectivity index is 1.92. The molecule has 0 aliphatic carbocycles. The summed E-state index contributed by atoms with van der Waals surface area (Å²) in [5.41, 5.74) is 0. The predicted octanol–water partition coefficient (Wildman–Crippen LogP) is 2.71. The van der Waals surface area contributed by atoms with Gasteiger partial charge in [-0.1, -0.05) is 13.8 Å². The molecule has 0 saturated carbocycles. The second kappa shape index (κ2) is 6.57. The summed E-state index contributed by atoms with van der Waals surface area (Å²) in [5, 5.41) is 0. The third kappa shape index (κ3) is 4.24. The fourth-order valence-corrected chi connectivity index (χ4v) is 2.27. The Hall–Kier alpha value is -1.55. The van der Waals surface area contributed by atoms with E-state index in [0.29, 0.717) is 5.92 Å². The molecule has 0 fully saturated rings. The minimum absolute atomic E-state index is 0.649. The van der Waals surface area contributed by atoms with Gasteiger partial charge in [0, 0.05) is 39.0 Å². The fraction of sp³-hybridized carbons (Fsp3) is 0.533. The summed E-state index contributed by atoms with van der Waals surface area (Å²) in [6.07, 6.45) is 6.56. The van der Waals surface area contributed by atoms with Gasteiger partial charge in [0.2, 0.25) is 0 Å².